The maximum absolute atomic E-state index is 12.1. The summed E-state index contributed by atoms with van der Waals surface area (Å²) in [6.07, 6.45) is 0.827. The highest BCUT2D eigenvalue weighted by atomic mass is 32.2. The van der Waals surface area contributed by atoms with E-state index >= 15 is 0 Å². The SMILES string of the molecule is CN(C)c1cccc(-c2nnc(SCC(=O)NCCc3ccccc3)n2C)c1. The lowest BCUT2D eigenvalue weighted by molar-refractivity contribution is -0.118. The molecule has 1 amide bonds. The van der Waals surface area contributed by atoms with Gasteiger partial charge in [0.15, 0.2) is 11.0 Å². The van der Waals surface area contributed by atoms with Gasteiger partial charge < -0.3 is 14.8 Å². The molecule has 0 aliphatic carbocycles. The number of carbonyl (C=O) groups is 1. The predicted molar refractivity (Wildman–Crippen MR) is 115 cm³/mol. The fourth-order valence-electron chi connectivity index (χ4n) is 2.79. The van der Waals surface area contributed by atoms with Gasteiger partial charge in [0.1, 0.15) is 0 Å². The Bertz CT molecular complexity index is 924. The van der Waals surface area contributed by atoms with Crippen molar-refractivity contribution in [2.75, 3.05) is 31.3 Å². The number of nitrogens with one attached hydrogen (secondary N) is 1. The van der Waals surface area contributed by atoms with Gasteiger partial charge in [-0.3, -0.25) is 4.79 Å². The number of aromatic nitrogens is 3. The standard InChI is InChI=1S/C21H25N5OS/c1-25(2)18-11-7-10-17(14-18)20-23-24-21(26(20)3)28-15-19(27)22-13-12-16-8-5-4-6-9-16/h4-11,14H,12-13,15H2,1-3H3,(H,22,27). The molecule has 0 aliphatic rings. The molecule has 0 aliphatic heterocycles. The van der Waals surface area contributed by atoms with Crippen molar-refractivity contribution in [3.05, 3.63) is 60.2 Å². The molecule has 0 atom stereocenters. The number of amides is 1. The average molecular weight is 396 g/mol. The monoisotopic (exact) mass is 395 g/mol. The van der Waals surface area contributed by atoms with Crippen molar-refractivity contribution in [2.24, 2.45) is 7.05 Å². The molecule has 7 heteroatoms. The van der Waals surface area contributed by atoms with E-state index in [2.05, 4.69) is 44.7 Å². The largest absolute Gasteiger partial charge is 0.378 e. The maximum atomic E-state index is 12.1. The molecular weight excluding hydrogens is 370 g/mol. The Kier molecular flexibility index (Phi) is 6.71. The van der Waals surface area contributed by atoms with Crippen LogP contribution in [0.2, 0.25) is 0 Å². The first-order valence-corrected chi connectivity index (χ1v) is 10.1. The van der Waals surface area contributed by atoms with Gasteiger partial charge in [-0.1, -0.05) is 54.2 Å². The van der Waals surface area contributed by atoms with Crippen LogP contribution in [-0.2, 0) is 18.3 Å². The first-order chi connectivity index (χ1) is 13.5. The molecule has 1 aromatic heterocycles. The van der Waals surface area contributed by atoms with Crippen LogP contribution in [0.1, 0.15) is 5.56 Å². The van der Waals surface area contributed by atoms with Crippen molar-refractivity contribution >= 4 is 23.4 Å². The Hall–Kier alpha value is -2.80. The molecule has 0 radical (unpaired) electrons. The molecule has 28 heavy (non-hydrogen) atoms. The molecule has 1 N–H and O–H groups in total. The second kappa shape index (κ2) is 9.41. The number of hydrogen-bond donors (Lipinski definition) is 1. The molecule has 0 fully saturated rings. The second-order valence-electron chi connectivity index (χ2n) is 6.68. The summed E-state index contributed by atoms with van der Waals surface area (Å²) in [5.41, 5.74) is 3.32. The van der Waals surface area contributed by atoms with Crippen LogP contribution in [0.5, 0.6) is 0 Å². The van der Waals surface area contributed by atoms with Crippen LogP contribution in [-0.4, -0.2) is 47.1 Å². The topological polar surface area (TPSA) is 63.1 Å². The molecule has 0 bridgehead atoms. The van der Waals surface area contributed by atoms with Crippen LogP contribution in [0.15, 0.2) is 59.8 Å². The zero-order chi connectivity index (χ0) is 19.9. The zero-order valence-electron chi connectivity index (χ0n) is 16.4. The third-order valence-corrected chi connectivity index (χ3v) is 5.39. The summed E-state index contributed by atoms with van der Waals surface area (Å²) in [5, 5.41) is 12.2. The number of rotatable bonds is 8. The van der Waals surface area contributed by atoms with E-state index in [4.69, 9.17) is 0 Å². The highest BCUT2D eigenvalue weighted by Crippen LogP contribution is 2.25. The van der Waals surface area contributed by atoms with E-state index in [0.29, 0.717) is 12.3 Å². The summed E-state index contributed by atoms with van der Waals surface area (Å²) >= 11 is 1.39. The van der Waals surface area contributed by atoms with Crippen LogP contribution in [0.4, 0.5) is 5.69 Å². The summed E-state index contributed by atoms with van der Waals surface area (Å²) in [5.74, 6) is 1.11. The van der Waals surface area contributed by atoms with Gasteiger partial charge in [-0.05, 0) is 24.1 Å². The Morgan fingerprint density at radius 1 is 1.11 bits per heavy atom. The molecule has 1 heterocycles. The van der Waals surface area contributed by atoms with E-state index in [0.717, 1.165) is 28.7 Å². The van der Waals surface area contributed by atoms with Crippen LogP contribution >= 0.6 is 11.8 Å². The number of hydrogen-bond acceptors (Lipinski definition) is 5. The quantitative estimate of drug-likeness (QED) is 0.594. The minimum absolute atomic E-state index is 0.0000799. The number of thioether (sulfide) groups is 1. The Balaban J connectivity index is 1.54. The van der Waals surface area contributed by atoms with E-state index in [1.54, 1.807) is 0 Å². The van der Waals surface area contributed by atoms with Gasteiger partial charge in [0.05, 0.1) is 5.75 Å². The number of nitrogens with zero attached hydrogens (tertiary/aromatic N) is 4. The van der Waals surface area contributed by atoms with E-state index in [1.807, 2.05) is 56.0 Å². The van der Waals surface area contributed by atoms with Crippen LogP contribution in [0.3, 0.4) is 0 Å². The summed E-state index contributed by atoms with van der Waals surface area (Å²) in [7, 11) is 5.94. The molecule has 2 aromatic carbocycles. The van der Waals surface area contributed by atoms with Crippen LogP contribution in [0, 0.1) is 0 Å². The van der Waals surface area contributed by atoms with Crippen molar-refractivity contribution in [2.45, 2.75) is 11.6 Å². The Labute approximate surface area is 170 Å². The highest BCUT2D eigenvalue weighted by molar-refractivity contribution is 7.99. The average Bonchev–Trinajstić information content (AvgIpc) is 3.08. The van der Waals surface area contributed by atoms with Gasteiger partial charge in [0, 0.05) is 38.9 Å². The van der Waals surface area contributed by atoms with Crippen molar-refractivity contribution in [1.82, 2.24) is 20.1 Å². The number of anilines is 1. The van der Waals surface area contributed by atoms with Crippen molar-refractivity contribution in [1.29, 1.82) is 0 Å². The Morgan fingerprint density at radius 3 is 2.64 bits per heavy atom. The van der Waals surface area contributed by atoms with Gasteiger partial charge >= 0.3 is 0 Å². The summed E-state index contributed by atoms with van der Waals surface area (Å²) < 4.78 is 1.93. The number of benzene rings is 2. The minimum Gasteiger partial charge on any atom is -0.378 e. The molecule has 0 spiro atoms. The highest BCUT2D eigenvalue weighted by Gasteiger charge is 2.13. The fourth-order valence-corrected chi connectivity index (χ4v) is 3.53. The predicted octanol–water partition coefficient (Wildman–Crippen LogP) is 3.00. The minimum atomic E-state index is 0.0000799. The zero-order valence-corrected chi connectivity index (χ0v) is 17.2. The first-order valence-electron chi connectivity index (χ1n) is 9.15. The van der Waals surface area contributed by atoms with Gasteiger partial charge in [0.2, 0.25) is 5.91 Å². The second-order valence-corrected chi connectivity index (χ2v) is 7.63. The molecule has 0 saturated heterocycles. The van der Waals surface area contributed by atoms with Gasteiger partial charge in [-0.25, -0.2) is 0 Å². The normalized spacial score (nSPS) is 10.7. The van der Waals surface area contributed by atoms with Crippen molar-refractivity contribution in [3.8, 4) is 11.4 Å². The summed E-state index contributed by atoms with van der Waals surface area (Å²) in [6, 6.07) is 18.3. The van der Waals surface area contributed by atoms with Gasteiger partial charge in [-0.2, -0.15) is 0 Å². The third-order valence-electron chi connectivity index (χ3n) is 4.37. The van der Waals surface area contributed by atoms with Crippen LogP contribution < -0.4 is 10.2 Å². The number of carbonyl (C=O) groups excluding carboxylic acids is 1. The van der Waals surface area contributed by atoms with Gasteiger partial charge in [-0.15, -0.1) is 10.2 Å². The molecule has 0 saturated carbocycles. The van der Waals surface area contributed by atoms with E-state index < -0.39 is 0 Å². The van der Waals surface area contributed by atoms with Crippen LogP contribution in [0.25, 0.3) is 11.4 Å². The summed E-state index contributed by atoms with van der Waals surface area (Å²) in [6.45, 7) is 0.630. The van der Waals surface area contributed by atoms with E-state index in [1.165, 1.54) is 17.3 Å². The van der Waals surface area contributed by atoms with Gasteiger partial charge in [0.25, 0.3) is 0 Å². The lowest BCUT2D eigenvalue weighted by Crippen LogP contribution is -2.27. The molecular formula is C21H25N5OS. The smallest absolute Gasteiger partial charge is 0.230 e. The van der Waals surface area contributed by atoms with Crippen molar-refractivity contribution in [3.63, 3.8) is 0 Å². The van der Waals surface area contributed by atoms with Crippen molar-refractivity contribution < 1.29 is 4.79 Å². The molecule has 3 aromatic rings. The molecule has 0 unspecified atom stereocenters. The molecule has 6 nitrogen and oxygen atoms in total. The molecule has 146 valence electrons. The molecule has 3 rings (SSSR count). The first kappa shape index (κ1) is 19.9. The fraction of sp³-hybridized carbons (Fsp3) is 0.286. The maximum Gasteiger partial charge on any atom is 0.230 e. The Morgan fingerprint density at radius 2 is 1.89 bits per heavy atom. The van der Waals surface area contributed by atoms with E-state index in [9.17, 15) is 4.79 Å². The summed E-state index contributed by atoms with van der Waals surface area (Å²) in [4.78, 5) is 14.2. The van der Waals surface area contributed by atoms with E-state index in [-0.39, 0.29) is 5.91 Å². The third kappa shape index (κ3) is 5.13. The lowest BCUT2D eigenvalue weighted by atomic mass is 10.1. The lowest BCUT2D eigenvalue weighted by Gasteiger charge is -2.13.